The molecule has 0 radical (unpaired) electrons. The van der Waals surface area contributed by atoms with Crippen molar-refractivity contribution in [3.05, 3.63) is 34.3 Å². The lowest BCUT2D eigenvalue weighted by Gasteiger charge is -2.41. The molecule has 3 unspecified atom stereocenters. The van der Waals surface area contributed by atoms with Crippen LogP contribution in [0.25, 0.3) is 0 Å². The maximum Gasteiger partial charge on any atom is 0.237 e. The highest BCUT2D eigenvalue weighted by Gasteiger charge is 2.33. The van der Waals surface area contributed by atoms with Crippen molar-refractivity contribution < 1.29 is 4.79 Å². The van der Waals surface area contributed by atoms with Crippen molar-refractivity contribution in [2.75, 3.05) is 13.1 Å². The quantitative estimate of drug-likeness (QED) is 0.888. The van der Waals surface area contributed by atoms with E-state index < -0.39 is 0 Å². The Morgan fingerprint density at radius 3 is 2.89 bits per heavy atom. The highest BCUT2D eigenvalue weighted by molar-refractivity contribution is 9.10. The van der Waals surface area contributed by atoms with Crippen LogP contribution < -0.4 is 11.1 Å². The van der Waals surface area contributed by atoms with Crippen LogP contribution in [0.1, 0.15) is 25.5 Å². The van der Waals surface area contributed by atoms with Gasteiger partial charge in [-0.2, -0.15) is 0 Å². The van der Waals surface area contributed by atoms with Gasteiger partial charge in [-0.15, -0.1) is 0 Å². The molecule has 1 heterocycles. The van der Waals surface area contributed by atoms with Crippen molar-refractivity contribution in [3.63, 3.8) is 0 Å². The molecule has 0 spiro atoms. The van der Waals surface area contributed by atoms with Gasteiger partial charge < -0.3 is 11.1 Å². The van der Waals surface area contributed by atoms with Gasteiger partial charge in [0.05, 0.1) is 12.1 Å². The van der Waals surface area contributed by atoms with Gasteiger partial charge in [-0.05, 0) is 31.5 Å². The lowest BCUT2D eigenvalue weighted by Crippen LogP contribution is -2.57. The van der Waals surface area contributed by atoms with E-state index in [2.05, 4.69) is 38.3 Å². The van der Waals surface area contributed by atoms with Gasteiger partial charge in [0, 0.05) is 23.6 Å². The summed E-state index contributed by atoms with van der Waals surface area (Å²) < 4.78 is 1.03. The summed E-state index contributed by atoms with van der Waals surface area (Å²) in [5, 5.41) is 2.89. The number of amides is 1. The Bertz CT molecular complexity index is 464. The fraction of sp³-hybridized carbons (Fsp3) is 0.500. The molecule has 1 aromatic carbocycles. The molecule has 5 heteroatoms. The van der Waals surface area contributed by atoms with E-state index >= 15 is 0 Å². The second-order valence-corrected chi connectivity index (χ2v) is 5.98. The topological polar surface area (TPSA) is 58.4 Å². The summed E-state index contributed by atoms with van der Waals surface area (Å²) >= 11 is 3.49. The first-order valence-electron chi connectivity index (χ1n) is 6.55. The summed E-state index contributed by atoms with van der Waals surface area (Å²) in [5.41, 5.74) is 7.31. The Labute approximate surface area is 122 Å². The number of hydrogen-bond acceptors (Lipinski definition) is 3. The van der Waals surface area contributed by atoms with E-state index in [0.717, 1.165) is 16.6 Å². The maximum absolute atomic E-state index is 11.8. The molecule has 1 saturated heterocycles. The summed E-state index contributed by atoms with van der Waals surface area (Å²) in [5.74, 6) is 0.0758. The molecule has 0 aliphatic carbocycles. The number of hydrogen-bond donors (Lipinski definition) is 2. The number of piperazine rings is 1. The predicted molar refractivity (Wildman–Crippen MR) is 79.7 cm³/mol. The number of halogens is 1. The minimum Gasteiger partial charge on any atom is -0.353 e. The van der Waals surface area contributed by atoms with Crippen LogP contribution >= 0.6 is 15.9 Å². The Kier molecular flexibility index (Phi) is 4.60. The van der Waals surface area contributed by atoms with Gasteiger partial charge in [0.15, 0.2) is 0 Å². The molecule has 0 aromatic heterocycles. The molecule has 1 fully saturated rings. The summed E-state index contributed by atoms with van der Waals surface area (Å²) in [6, 6.07) is 8.01. The average Bonchev–Trinajstić information content (AvgIpc) is 2.34. The molecule has 19 heavy (non-hydrogen) atoms. The zero-order chi connectivity index (χ0) is 14.0. The van der Waals surface area contributed by atoms with E-state index in [1.807, 2.05) is 26.0 Å². The molecular formula is C14H20BrN3O. The molecule has 1 aromatic rings. The molecular weight excluding hydrogens is 306 g/mol. The molecule has 1 aliphatic heterocycles. The molecule has 2 rings (SSSR count). The van der Waals surface area contributed by atoms with Crippen molar-refractivity contribution in [2.45, 2.75) is 32.0 Å². The van der Waals surface area contributed by atoms with Crippen LogP contribution in [-0.4, -0.2) is 36.0 Å². The van der Waals surface area contributed by atoms with Gasteiger partial charge in [0.25, 0.3) is 0 Å². The molecule has 3 N–H and O–H groups in total. The third kappa shape index (κ3) is 3.16. The molecule has 4 nitrogen and oxygen atoms in total. The van der Waals surface area contributed by atoms with Gasteiger partial charge in [-0.3, -0.25) is 9.69 Å². The SMILES string of the molecule is CC(N)C(c1cccc(Br)c1)N1CCNC(=O)C1C. The highest BCUT2D eigenvalue weighted by atomic mass is 79.9. The second kappa shape index (κ2) is 6.03. The standard InChI is InChI=1S/C14H20BrN3O/c1-9(16)13(11-4-3-5-12(15)8-11)18-7-6-17-14(19)10(18)2/h3-5,8-10,13H,6-7,16H2,1-2H3,(H,17,19). The average molecular weight is 326 g/mol. The van der Waals surface area contributed by atoms with Gasteiger partial charge in [0.1, 0.15) is 0 Å². The molecule has 0 bridgehead atoms. The fourth-order valence-corrected chi connectivity index (χ4v) is 3.08. The zero-order valence-corrected chi connectivity index (χ0v) is 12.9. The van der Waals surface area contributed by atoms with E-state index in [0.29, 0.717) is 6.54 Å². The Balaban J connectivity index is 2.32. The number of carbonyl (C=O) groups excluding carboxylic acids is 1. The zero-order valence-electron chi connectivity index (χ0n) is 11.3. The summed E-state index contributed by atoms with van der Waals surface area (Å²) in [7, 11) is 0. The fourth-order valence-electron chi connectivity index (χ4n) is 2.67. The van der Waals surface area contributed by atoms with Gasteiger partial charge >= 0.3 is 0 Å². The summed E-state index contributed by atoms with van der Waals surface area (Å²) in [6.07, 6.45) is 0. The first-order valence-corrected chi connectivity index (χ1v) is 7.34. The highest BCUT2D eigenvalue weighted by Crippen LogP contribution is 2.28. The largest absolute Gasteiger partial charge is 0.353 e. The molecule has 104 valence electrons. The van der Waals surface area contributed by atoms with E-state index in [1.54, 1.807) is 0 Å². The Morgan fingerprint density at radius 1 is 1.53 bits per heavy atom. The maximum atomic E-state index is 11.8. The monoisotopic (exact) mass is 325 g/mol. The molecule has 1 amide bonds. The third-order valence-corrected chi connectivity index (χ3v) is 4.08. The van der Waals surface area contributed by atoms with Crippen LogP contribution in [0.2, 0.25) is 0 Å². The van der Waals surface area contributed by atoms with Crippen molar-refractivity contribution in [1.29, 1.82) is 0 Å². The van der Waals surface area contributed by atoms with Gasteiger partial charge in [-0.1, -0.05) is 28.1 Å². The molecule has 1 aliphatic rings. The van der Waals surface area contributed by atoms with Crippen molar-refractivity contribution >= 4 is 21.8 Å². The number of carbonyl (C=O) groups is 1. The van der Waals surface area contributed by atoms with Crippen LogP contribution in [0.5, 0.6) is 0 Å². The molecule has 3 atom stereocenters. The minimum atomic E-state index is -0.149. The lowest BCUT2D eigenvalue weighted by atomic mass is 9.96. The number of nitrogens with two attached hydrogens (primary N) is 1. The van der Waals surface area contributed by atoms with Gasteiger partial charge in [0.2, 0.25) is 5.91 Å². The smallest absolute Gasteiger partial charge is 0.237 e. The minimum absolute atomic E-state index is 0.0392. The Hall–Kier alpha value is -0.910. The van der Waals surface area contributed by atoms with Crippen LogP contribution in [0.15, 0.2) is 28.7 Å². The number of nitrogens with zero attached hydrogens (tertiary/aromatic N) is 1. The van der Waals surface area contributed by atoms with Crippen molar-refractivity contribution in [2.24, 2.45) is 5.73 Å². The molecule has 0 saturated carbocycles. The number of benzene rings is 1. The third-order valence-electron chi connectivity index (χ3n) is 3.59. The van der Waals surface area contributed by atoms with Crippen LogP contribution in [0.4, 0.5) is 0 Å². The first kappa shape index (κ1) is 14.5. The normalized spacial score (nSPS) is 23.8. The lowest BCUT2D eigenvalue weighted by molar-refractivity contribution is -0.129. The summed E-state index contributed by atoms with van der Waals surface area (Å²) in [4.78, 5) is 14.0. The Morgan fingerprint density at radius 2 is 2.26 bits per heavy atom. The number of nitrogens with one attached hydrogen (secondary N) is 1. The van der Waals surface area contributed by atoms with Gasteiger partial charge in [-0.25, -0.2) is 0 Å². The van der Waals surface area contributed by atoms with E-state index in [-0.39, 0.29) is 24.0 Å². The van der Waals surface area contributed by atoms with Crippen LogP contribution in [0, 0.1) is 0 Å². The van der Waals surface area contributed by atoms with E-state index in [4.69, 9.17) is 5.73 Å². The first-order chi connectivity index (χ1) is 9.00. The second-order valence-electron chi connectivity index (χ2n) is 5.06. The van der Waals surface area contributed by atoms with E-state index in [1.165, 1.54) is 0 Å². The van der Waals surface area contributed by atoms with Crippen molar-refractivity contribution in [3.8, 4) is 0 Å². The number of rotatable bonds is 3. The van der Waals surface area contributed by atoms with E-state index in [9.17, 15) is 4.79 Å². The van der Waals surface area contributed by atoms with Crippen LogP contribution in [-0.2, 0) is 4.79 Å². The van der Waals surface area contributed by atoms with Crippen molar-refractivity contribution in [1.82, 2.24) is 10.2 Å². The van der Waals surface area contributed by atoms with Crippen LogP contribution in [0.3, 0.4) is 0 Å². The predicted octanol–water partition coefficient (Wildman–Crippen LogP) is 1.66. The summed E-state index contributed by atoms with van der Waals surface area (Å²) in [6.45, 7) is 5.43.